The third-order valence-electron chi connectivity index (χ3n) is 12.0. The lowest BCUT2D eigenvalue weighted by molar-refractivity contribution is -0.136. The van der Waals surface area contributed by atoms with Gasteiger partial charge in [0.05, 0.1) is 12.2 Å². The number of aryl methyl sites for hydroxylation is 1. The van der Waals surface area contributed by atoms with Crippen LogP contribution in [-0.2, 0) is 22.6 Å². The molecule has 57 heavy (non-hydrogen) atoms. The van der Waals surface area contributed by atoms with Crippen molar-refractivity contribution in [2.75, 3.05) is 44.2 Å². The number of imide groups is 1. The predicted molar refractivity (Wildman–Crippen MR) is 211 cm³/mol. The first-order valence-electron chi connectivity index (χ1n) is 20.0. The Morgan fingerprint density at radius 3 is 2.35 bits per heavy atom. The highest BCUT2D eigenvalue weighted by Crippen LogP contribution is 2.47. The van der Waals surface area contributed by atoms with E-state index in [9.17, 15) is 28.3 Å². The summed E-state index contributed by atoms with van der Waals surface area (Å²) in [4.78, 5) is 43.4. The molecule has 3 aliphatic heterocycles. The Morgan fingerprint density at radius 1 is 0.807 bits per heavy atom. The van der Waals surface area contributed by atoms with E-state index < -0.39 is 30.4 Å². The summed E-state index contributed by atoms with van der Waals surface area (Å²) in [5.74, 6) is 0.0374. The zero-order valence-corrected chi connectivity index (χ0v) is 31.9. The standard InChI is InChI=1S/C45H48F2N4O6/c46-45(47)57-39-27-33(25-32-28-51(44(55)42(32)39)38-17-18-40(53)48-43(38)54)50-22-20-49(21-23-50)19-5-2-6-24-56-35-13-9-30(10-14-35)41-36(29-7-3-1-4-8-29)15-11-31-26-34(52)12-16-37(31)41/h1,3-4,7-10,12-14,16,25-27,36,38,41,45,52H,2,5-6,11,15,17-24,28H2,(H,48,53,54)/t36-,38?,41+/m1/s1. The number of aromatic hydroxyl groups is 1. The molecule has 2 saturated heterocycles. The summed E-state index contributed by atoms with van der Waals surface area (Å²) in [5.41, 5.74) is 6.35. The molecule has 0 saturated carbocycles. The van der Waals surface area contributed by atoms with Crippen LogP contribution in [0.1, 0.15) is 88.5 Å². The van der Waals surface area contributed by atoms with Gasteiger partial charge in [0, 0.05) is 56.8 Å². The number of rotatable bonds is 13. The van der Waals surface area contributed by atoms with E-state index in [0.29, 0.717) is 42.6 Å². The zero-order valence-electron chi connectivity index (χ0n) is 31.9. The van der Waals surface area contributed by atoms with Crippen molar-refractivity contribution in [1.29, 1.82) is 0 Å². The summed E-state index contributed by atoms with van der Waals surface area (Å²) in [6.07, 6.45) is 5.25. The average Bonchev–Trinajstić information content (AvgIpc) is 3.55. The molecule has 0 bridgehead atoms. The number of nitrogens with one attached hydrogen (secondary N) is 1. The van der Waals surface area contributed by atoms with Gasteiger partial charge in [0.2, 0.25) is 11.8 Å². The molecule has 4 aromatic rings. The molecular formula is C45H48F2N4O6. The number of benzene rings is 4. The number of alkyl halides is 2. The molecule has 4 aliphatic rings. The number of piperidine rings is 1. The van der Waals surface area contributed by atoms with Crippen molar-refractivity contribution in [2.45, 2.75) is 76.0 Å². The van der Waals surface area contributed by atoms with Crippen molar-refractivity contribution >= 4 is 23.4 Å². The van der Waals surface area contributed by atoms with Crippen molar-refractivity contribution < 1.29 is 37.7 Å². The third kappa shape index (κ3) is 8.46. The SMILES string of the molecule is O=C1CCC(N2Cc3cc(N4CCN(CCCCCOc5ccc([C@@H]6c7ccc(O)cc7CC[C@@H]6c6ccccc6)cc5)CC4)cc(OC(F)F)c3C2=O)C(=O)N1. The average molecular weight is 779 g/mol. The molecule has 12 heteroatoms. The molecule has 0 aromatic heterocycles. The van der Waals surface area contributed by atoms with Crippen LogP contribution in [0.5, 0.6) is 17.2 Å². The monoisotopic (exact) mass is 778 g/mol. The molecule has 0 radical (unpaired) electrons. The number of hydrogen-bond donors (Lipinski definition) is 2. The van der Waals surface area contributed by atoms with Gasteiger partial charge < -0.3 is 24.4 Å². The van der Waals surface area contributed by atoms with E-state index in [1.807, 2.05) is 12.1 Å². The van der Waals surface area contributed by atoms with Gasteiger partial charge >= 0.3 is 6.61 Å². The summed E-state index contributed by atoms with van der Waals surface area (Å²) >= 11 is 0. The zero-order chi connectivity index (χ0) is 39.5. The van der Waals surface area contributed by atoms with Crippen LogP contribution in [0.25, 0.3) is 0 Å². The molecule has 1 aliphatic carbocycles. The summed E-state index contributed by atoms with van der Waals surface area (Å²) in [7, 11) is 0. The molecule has 298 valence electrons. The van der Waals surface area contributed by atoms with Crippen LogP contribution in [0, 0.1) is 0 Å². The maximum Gasteiger partial charge on any atom is 0.387 e. The highest BCUT2D eigenvalue weighted by atomic mass is 19.3. The number of anilines is 1. The van der Waals surface area contributed by atoms with Crippen LogP contribution in [-0.4, -0.2) is 84.6 Å². The highest BCUT2D eigenvalue weighted by molar-refractivity contribution is 6.06. The van der Waals surface area contributed by atoms with E-state index in [-0.39, 0.29) is 36.6 Å². The molecule has 8 rings (SSSR count). The van der Waals surface area contributed by atoms with E-state index in [1.54, 1.807) is 6.07 Å². The quantitative estimate of drug-likeness (QED) is 0.111. The van der Waals surface area contributed by atoms with Gasteiger partial charge in [-0.3, -0.25) is 24.6 Å². The number of phenols is 1. The van der Waals surface area contributed by atoms with Gasteiger partial charge in [-0.05, 0) is 109 Å². The van der Waals surface area contributed by atoms with Gasteiger partial charge in [-0.1, -0.05) is 48.5 Å². The molecule has 4 aromatic carbocycles. The van der Waals surface area contributed by atoms with Crippen LogP contribution in [0.3, 0.4) is 0 Å². The number of piperazine rings is 1. The number of unbranched alkanes of at least 4 members (excludes halogenated alkanes) is 2. The first-order chi connectivity index (χ1) is 27.7. The molecule has 3 heterocycles. The van der Waals surface area contributed by atoms with Crippen molar-refractivity contribution in [1.82, 2.24) is 15.1 Å². The van der Waals surface area contributed by atoms with Gasteiger partial charge in [0.15, 0.2) is 0 Å². The van der Waals surface area contributed by atoms with Gasteiger partial charge in [-0.15, -0.1) is 0 Å². The van der Waals surface area contributed by atoms with Crippen molar-refractivity contribution in [3.05, 3.63) is 118 Å². The third-order valence-corrected chi connectivity index (χ3v) is 12.0. The smallest absolute Gasteiger partial charge is 0.387 e. The molecule has 3 atom stereocenters. The summed E-state index contributed by atoms with van der Waals surface area (Å²) < 4.78 is 38.0. The van der Waals surface area contributed by atoms with Gasteiger partial charge in [-0.25, -0.2) is 0 Å². The van der Waals surface area contributed by atoms with Crippen LogP contribution in [0.15, 0.2) is 84.9 Å². The van der Waals surface area contributed by atoms with Crippen molar-refractivity contribution in [3.63, 3.8) is 0 Å². The largest absolute Gasteiger partial charge is 0.508 e. The van der Waals surface area contributed by atoms with E-state index >= 15 is 0 Å². The molecule has 0 spiro atoms. The topological polar surface area (TPSA) is 112 Å². The lowest BCUT2D eigenvalue weighted by atomic mass is 9.69. The Kier molecular flexibility index (Phi) is 11.4. The minimum absolute atomic E-state index is 0.0496. The maximum atomic E-state index is 13.5. The van der Waals surface area contributed by atoms with E-state index in [1.165, 1.54) is 33.2 Å². The Balaban J connectivity index is 0.804. The number of carbonyl (C=O) groups is 3. The second kappa shape index (κ2) is 16.9. The predicted octanol–water partition coefficient (Wildman–Crippen LogP) is 6.99. The fourth-order valence-corrected chi connectivity index (χ4v) is 9.11. The Bertz CT molecular complexity index is 2090. The summed E-state index contributed by atoms with van der Waals surface area (Å²) in [6.45, 7) is 1.56. The lowest BCUT2D eigenvalue weighted by Crippen LogP contribution is -2.52. The molecule has 2 N–H and O–H groups in total. The van der Waals surface area contributed by atoms with Crippen LogP contribution >= 0.6 is 0 Å². The molecular weight excluding hydrogens is 731 g/mol. The molecule has 1 unspecified atom stereocenters. The number of carbonyl (C=O) groups excluding carboxylic acids is 3. The number of amides is 3. The number of halogens is 2. The maximum absolute atomic E-state index is 13.5. The number of hydrogen-bond acceptors (Lipinski definition) is 8. The summed E-state index contributed by atoms with van der Waals surface area (Å²) in [5, 5.41) is 12.4. The number of phenolic OH excluding ortho intramolecular Hbond substituents is 1. The fourth-order valence-electron chi connectivity index (χ4n) is 9.11. The fraction of sp³-hybridized carbons (Fsp3) is 0.400. The second-order valence-corrected chi connectivity index (χ2v) is 15.5. The van der Waals surface area contributed by atoms with Gasteiger partial charge in [-0.2, -0.15) is 8.78 Å². The van der Waals surface area contributed by atoms with Gasteiger partial charge in [0.25, 0.3) is 5.91 Å². The first kappa shape index (κ1) is 38.4. The Hall–Kier alpha value is -5.49. The summed E-state index contributed by atoms with van der Waals surface area (Å²) in [6, 6.07) is 27.5. The van der Waals surface area contributed by atoms with Gasteiger partial charge in [0.1, 0.15) is 23.3 Å². The minimum Gasteiger partial charge on any atom is -0.508 e. The molecule has 2 fully saturated rings. The van der Waals surface area contributed by atoms with E-state index in [0.717, 1.165) is 57.5 Å². The van der Waals surface area contributed by atoms with Crippen LogP contribution in [0.4, 0.5) is 14.5 Å². The molecule has 10 nitrogen and oxygen atoms in total. The minimum atomic E-state index is -3.11. The first-order valence-corrected chi connectivity index (χ1v) is 20.0. The number of fused-ring (bicyclic) bond motifs is 2. The normalized spacial score (nSPS) is 21.0. The lowest BCUT2D eigenvalue weighted by Gasteiger charge is -2.36. The molecule has 3 amide bonds. The Labute approximate surface area is 331 Å². The van der Waals surface area contributed by atoms with Crippen LogP contribution in [0.2, 0.25) is 0 Å². The van der Waals surface area contributed by atoms with Crippen molar-refractivity contribution in [3.8, 4) is 17.2 Å². The van der Waals surface area contributed by atoms with E-state index in [2.05, 4.69) is 75.8 Å². The van der Waals surface area contributed by atoms with Crippen LogP contribution < -0.4 is 19.7 Å². The number of ether oxygens (including phenoxy) is 2. The van der Waals surface area contributed by atoms with Crippen molar-refractivity contribution in [2.24, 2.45) is 0 Å². The highest BCUT2D eigenvalue weighted by Gasteiger charge is 2.41. The number of nitrogens with zero attached hydrogens (tertiary/aromatic N) is 3. The Morgan fingerprint density at radius 2 is 1.60 bits per heavy atom. The second-order valence-electron chi connectivity index (χ2n) is 15.5. The van der Waals surface area contributed by atoms with E-state index in [4.69, 9.17) is 9.47 Å².